The fourth-order valence-electron chi connectivity index (χ4n) is 4.22. The second-order valence-electron chi connectivity index (χ2n) is 8.53. The van der Waals surface area contributed by atoms with Crippen molar-refractivity contribution in [3.05, 3.63) is 47.3 Å². The van der Waals surface area contributed by atoms with Crippen LogP contribution in [0.3, 0.4) is 0 Å². The molecule has 2 N–H and O–H groups in total. The normalized spacial score (nSPS) is 18.1. The van der Waals surface area contributed by atoms with Crippen molar-refractivity contribution in [2.75, 3.05) is 26.2 Å². The maximum atomic E-state index is 12.5. The van der Waals surface area contributed by atoms with E-state index in [0.717, 1.165) is 44.0 Å². The quantitative estimate of drug-likeness (QED) is 0.680. The molecule has 0 saturated carbocycles. The highest BCUT2D eigenvalue weighted by molar-refractivity contribution is 5.91. The Labute approximate surface area is 197 Å². The van der Waals surface area contributed by atoms with Gasteiger partial charge in [-0.1, -0.05) is 36.4 Å². The molecule has 4 rings (SSSR count). The molecular formula is C22H34Cl2N6O. The number of benzene rings is 1. The number of likely N-dealkylation sites (tertiary alicyclic amines) is 1. The van der Waals surface area contributed by atoms with E-state index in [0.29, 0.717) is 18.3 Å². The molecule has 0 spiro atoms. The van der Waals surface area contributed by atoms with Crippen molar-refractivity contribution in [2.45, 2.75) is 51.7 Å². The van der Waals surface area contributed by atoms with Gasteiger partial charge in [-0.15, -0.1) is 29.9 Å². The Morgan fingerprint density at radius 1 is 1.13 bits per heavy atom. The number of carbonyl (C=O) groups is 1. The van der Waals surface area contributed by atoms with Crippen LogP contribution in [0.15, 0.2) is 30.5 Å². The lowest BCUT2D eigenvalue weighted by Gasteiger charge is -2.30. The Balaban J connectivity index is 0.00000171. The number of carbonyl (C=O) groups excluding carboxylic acids is 1. The van der Waals surface area contributed by atoms with Gasteiger partial charge in [-0.3, -0.25) is 9.69 Å². The Bertz CT molecular complexity index is 816. The van der Waals surface area contributed by atoms with Crippen LogP contribution in [0.4, 0.5) is 0 Å². The maximum absolute atomic E-state index is 12.5. The van der Waals surface area contributed by atoms with Gasteiger partial charge in [-0.25, -0.2) is 4.68 Å². The summed E-state index contributed by atoms with van der Waals surface area (Å²) in [6.07, 6.45) is 6.39. The minimum Gasteiger partial charge on any atom is -0.347 e. The zero-order valence-corrected chi connectivity index (χ0v) is 19.8. The third kappa shape index (κ3) is 7.17. The number of hydrogen-bond acceptors (Lipinski definition) is 5. The number of amides is 1. The zero-order valence-electron chi connectivity index (χ0n) is 18.1. The topological polar surface area (TPSA) is 75.1 Å². The summed E-state index contributed by atoms with van der Waals surface area (Å²) in [6.45, 7) is 8.15. The van der Waals surface area contributed by atoms with Crippen molar-refractivity contribution in [2.24, 2.45) is 5.92 Å². The van der Waals surface area contributed by atoms with E-state index in [1.54, 1.807) is 6.20 Å². The highest BCUT2D eigenvalue weighted by atomic mass is 35.5. The Morgan fingerprint density at radius 2 is 1.84 bits per heavy atom. The molecule has 1 amide bonds. The molecule has 2 aliphatic rings. The molecule has 3 heterocycles. The summed E-state index contributed by atoms with van der Waals surface area (Å²) in [5.74, 6) is 0.682. The number of hydrogen-bond donors (Lipinski definition) is 2. The number of piperidine rings is 2. The van der Waals surface area contributed by atoms with Crippen LogP contribution >= 0.6 is 24.8 Å². The number of aromatic nitrogens is 3. The van der Waals surface area contributed by atoms with Gasteiger partial charge in [0.15, 0.2) is 5.69 Å². The Hall–Kier alpha value is -1.67. The molecule has 7 nitrogen and oxygen atoms in total. The van der Waals surface area contributed by atoms with Gasteiger partial charge < -0.3 is 10.6 Å². The van der Waals surface area contributed by atoms with Gasteiger partial charge in [-0.2, -0.15) is 0 Å². The van der Waals surface area contributed by atoms with Gasteiger partial charge in [0.05, 0.1) is 12.2 Å². The van der Waals surface area contributed by atoms with Gasteiger partial charge in [0.2, 0.25) is 0 Å². The first-order valence-corrected chi connectivity index (χ1v) is 10.9. The van der Waals surface area contributed by atoms with Crippen molar-refractivity contribution in [1.29, 1.82) is 0 Å². The molecule has 9 heteroatoms. The van der Waals surface area contributed by atoms with Gasteiger partial charge in [0.1, 0.15) is 0 Å². The summed E-state index contributed by atoms with van der Waals surface area (Å²) < 4.78 is 1.84. The summed E-state index contributed by atoms with van der Waals surface area (Å²) in [5, 5.41) is 14.6. The van der Waals surface area contributed by atoms with Crippen LogP contribution in [-0.2, 0) is 13.1 Å². The molecule has 0 radical (unpaired) electrons. The van der Waals surface area contributed by atoms with E-state index in [-0.39, 0.29) is 30.7 Å². The van der Waals surface area contributed by atoms with E-state index in [1.807, 2.05) is 4.68 Å². The first kappa shape index (κ1) is 25.6. The fraction of sp³-hybridized carbons (Fsp3) is 0.591. The van der Waals surface area contributed by atoms with E-state index >= 15 is 0 Å². The fourth-order valence-corrected chi connectivity index (χ4v) is 4.22. The second kappa shape index (κ2) is 12.4. The van der Waals surface area contributed by atoms with Crippen LogP contribution in [0.1, 0.15) is 60.3 Å². The summed E-state index contributed by atoms with van der Waals surface area (Å²) in [7, 11) is 0. The molecule has 2 aliphatic heterocycles. The van der Waals surface area contributed by atoms with E-state index in [4.69, 9.17) is 0 Å². The van der Waals surface area contributed by atoms with E-state index in [2.05, 4.69) is 57.0 Å². The molecule has 172 valence electrons. The summed E-state index contributed by atoms with van der Waals surface area (Å²) in [6, 6.07) is 8.85. The predicted molar refractivity (Wildman–Crippen MR) is 127 cm³/mol. The lowest BCUT2D eigenvalue weighted by Crippen LogP contribution is -2.32. The van der Waals surface area contributed by atoms with Crippen molar-refractivity contribution in [1.82, 2.24) is 30.5 Å². The Morgan fingerprint density at radius 3 is 2.58 bits per heavy atom. The van der Waals surface area contributed by atoms with Gasteiger partial charge in [0, 0.05) is 13.1 Å². The van der Waals surface area contributed by atoms with Crippen LogP contribution in [0, 0.1) is 5.92 Å². The lowest BCUT2D eigenvalue weighted by molar-refractivity contribution is 0.0945. The number of nitrogens with zero attached hydrogens (tertiary/aromatic N) is 4. The van der Waals surface area contributed by atoms with Crippen molar-refractivity contribution >= 4 is 30.7 Å². The molecule has 31 heavy (non-hydrogen) atoms. The lowest BCUT2D eigenvalue weighted by atomic mass is 9.98. The van der Waals surface area contributed by atoms with Crippen LogP contribution in [0.5, 0.6) is 0 Å². The zero-order chi connectivity index (χ0) is 20.1. The number of halogens is 2. The largest absolute Gasteiger partial charge is 0.347 e. The average molecular weight is 469 g/mol. The smallest absolute Gasteiger partial charge is 0.273 e. The van der Waals surface area contributed by atoms with Gasteiger partial charge in [0.25, 0.3) is 5.91 Å². The highest BCUT2D eigenvalue weighted by Crippen LogP contribution is 2.19. The van der Waals surface area contributed by atoms with Crippen LogP contribution in [0.25, 0.3) is 0 Å². The van der Waals surface area contributed by atoms with E-state index in [1.165, 1.54) is 31.5 Å². The van der Waals surface area contributed by atoms with E-state index in [9.17, 15) is 4.79 Å². The van der Waals surface area contributed by atoms with Crippen LogP contribution in [0.2, 0.25) is 0 Å². The minimum atomic E-state index is -0.166. The molecule has 1 aromatic carbocycles. The second-order valence-corrected chi connectivity index (χ2v) is 8.53. The number of rotatable bonds is 6. The highest BCUT2D eigenvalue weighted by Gasteiger charge is 2.19. The SMILES string of the molecule is CC1CCN(Cc2cccc(CNC(=O)c3cn(C4CCNCC4)nn3)c2)CC1.Cl.Cl. The Kier molecular flexibility index (Phi) is 10.2. The van der Waals surface area contributed by atoms with Crippen LogP contribution < -0.4 is 10.6 Å². The first-order chi connectivity index (χ1) is 14.2. The molecule has 0 unspecified atom stereocenters. The molecule has 1 aromatic heterocycles. The monoisotopic (exact) mass is 468 g/mol. The maximum Gasteiger partial charge on any atom is 0.273 e. The third-order valence-corrected chi connectivity index (χ3v) is 6.15. The standard InChI is InChI=1S/C22H32N6O.2ClH/c1-17-7-11-27(12-8-17)15-19-4-2-3-18(13-19)14-24-22(29)21-16-28(26-25-21)20-5-9-23-10-6-20;;/h2-4,13,16-17,20,23H,5-12,14-15H2,1H3,(H,24,29);2*1H. The van der Waals surface area contributed by atoms with Crippen molar-refractivity contribution in [3.8, 4) is 0 Å². The van der Waals surface area contributed by atoms with Crippen LogP contribution in [-0.4, -0.2) is 52.0 Å². The molecule has 2 fully saturated rings. The van der Waals surface area contributed by atoms with Gasteiger partial charge in [-0.05, 0) is 68.9 Å². The van der Waals surface area contributed by atoms with E-state index < -0.39 is 0 Å². The first-order valence-electron chi connectivity index (χ1n) is 10.9. The van der Waals surface area contributed by atoms with Crippen molar-refractivity contribution in [3.63, 3.8) is 0 Å². The molecule has 2 aromatic rings. The molecular weight excluding hydrogens is 435 g/mol. The summed E-state index contributed by atoms with van der Waals surface area (Å²) in [4.78, 5) is 15.0. The third-order valence-electron chi connectivity index (χ3n) is 6.15. The molecule has 0 atom stereocenters. The predicted octanol–water partition coefficient (Wildman–Crippen LogP) is 3.21. The van der Waals surface area contributed by atoms with Crippen molar-refractivity contribution < 1.29 is 4.79 Å². The minimum absolute atomic E-state index is 0. The molecule has 0 aliphatic carbocycles. The molecule has 0 bridgehead atoms. The summed E-state index contributed by atoms with van der Waals surface area (Å²) in [5.41, 5.74) is 2.82. The summed E-state index contributed by atoms with van der Waals surface area (Å²) >= 11 is 0. The molecule has 2 saturated heterocycles. The number of nitrogens with one attached hydrogen (secondary N) is 2. The van der Waals surface area contributed by atoms with Gasteiger partial charge >= 0.3 is 0 Å². The average Bonchev–Trinajstić information content (AvgIpc) is 3.25.